The molecule has 1 aromatic heterocycles. The molecular weight excluding hydrogens is 186 g/mol. The monoisotopic (exact) mass is 205 g/mol. The summed E-state index contributed by atoms with van der Waals surface area (Å²) in [7, 11) is 4.11. The van der Waals surface area contributed by atoms with Gasteiger partial charge in [-0.15, -0.1) is 0 Å². The average molecular weight is 205 g/mol. The summed E-state index contributed by atoms with van der Waals surface area (Å²) < 4.78 is 0. The zero-order valence-electron chi connectivity index (χ0n) is 9.75. The Bertz CT molecular complexity index is 349. The largest absolute Gasteiger partial charge is 0.373 e. The van der Waals surface area contributed by atoms with Gasteiger partial charge in [-0.3, -0.25) is 4.90 Å². The van der Waals surface area contributed by atoms with Crippen LogP contribution >= 0.6 is 0 Å². The highest BCUT2D eigenvalue weighted by Crippen LogP contribution is 2.30. The highest BCUT2D eigenvalue weighted by atomic mass is 15.1. The van der Waals surface area contributed by atoms with Gasteiger partial charge < -0.3 is 5.32 Å². The molecule has 15 heavy (non-hydrogen) atoms. The molecule has 0 unspecified atom stereocenters. The zero-order chi connectivity index (χ0) is 10.8. The van der Waals surface area contributed by atoms with Crippen molar-refractivity contribution in [2.45, 2.75) is 25.8 Å². The standard InChI is InChI=1S/C12H19N3/c1-9-7-10(8-14-12(9)13-2)11-5-4-6-15(11)3/h7-8,11H,4-6H2,1-3H3,(H,13,14)/t11-/m1/s1. The minimum Gasteiger partial charge on any atom is -0.373 e. The summed E-state index contributed by atoms with van der Waals surface area (Å²) in [6.07, 6.45) is 4.57. The van der Waals surface area contributed by atoms with E-state index in [4.69, 9.17) is 0 Å². The number of hydrogen-bond acceptors (Lipinski definition) is 3. The topological polar surface area (TPSA) is 28.2 Å². The van der Waals surface area contributed by atoms with Gasteiger partial charge in [0.15, 0.2) is 0 Å². The van der Waals surface area contributed by atoms with Crippen LogP contribution in [0.15, 0.2) is 12.3 Å². The Balaban J connectivity index is 2.25. The molecule has 2 heterocycles. The fraction of sp³-hybridized carbons (Fsp3) is 0.583. The van der Waals surface area contributed by atoms with E-state index in [1.54, 1.807) is 0 Å². The van der Waals surface area contributed by atoms with E-state index >= 15 is 0 Å². The summed E-state index contributed by atoms with van der Waals surface area (Å²) in [5.41, 5.74) is 2.59. The Morgan fingerprint density at radius 3 is 2.87 bits per heavy atom. The molecule has 0 saturated carbocycles. The summed E-state index contributed by atoms with van der Waals surface area (Å²) in [5.74, 6) is 0.986. The van der Waals surface area contributed by atoms with Gasteiger partial charge in [-0.05, 0) is 50.6 Å². The summed E-state index contributed by atoms with van der Waals surface area (Å²) in [6.45, 7) is 3.31. The lowest BCUT2D eigenvalue weighted by Gasteiger charge is -2.20. The number of nitrogens with zero attached hydrogens (tertiary/aromatic N) is 2. The molecule has 0 amide bonds. The third-order valence-corrected chi connectivity index (χ3v) is 3.24. The fourth-order valence-corrected chi connectivity index (χ4v) is 2.37. The minimum atomic E-state index is 0.571. The maximum absolute atomic E-state index is 4.44. The van der Waals surface area contributed by atoms with Crippen molar-refractivity contribution in [2.75, 3.05) is 26.0 Å². The normalized spacial score (nSPS) is 21.9. The SMILES string of the molecule is CNc1ncc([C@H]2CCCN2C)cc1C. The molecule has 0 aliphatic carbocycles. The number of anilines is 1. The second-order valence-corrected chi connectivity index (χ2v) is 4.32. The molecule has 1 atom stereocenters. The predicted molar refractivity (Wildman–Crippen MR) is 63.1 cm³/mol. The van der Waals surface area contributed by atoms with Crippen LogP contribution in [0.3, 0.4) is 0 Å². The van der Waals surface area contributed by atoms with Gasteiger partial charge in [-0.25, -0.2) is 4.98 Å². The van der Waals surface area contributed by atoms with Gasteiger partial charge in [0.1, 0.15) is 5.82 Å². The molecule has 1 saturated heterocycles. The van der Waals surface area contributed by atoms with Crippen LogP contribution in [-0.2, 0) is 0 Å². The van der Waals surface area contributed by atoms with Crippen LogP contribution in [0.1, 0.15) is 30.0 Å². The fourth-order valence-electron chi connectivity index (χ4n) is 2.37. The van der Waals surface area contributed by atoms with Gasteiger partial charge in [-0.1, -0.05) is 0 Å². The number of hydrogen-bond donors (Lipinski definition) is 1. The first-order chi connectivity index (χ1) is 7.22. The molecule has 0 radical (unpaired) electrons. The number of likely N-dealkylation sites (tertiary alicyclic amines) is 1. The molecule has 0 spiro atoms. The zero-order valence-corrected chi connectivity index (χ0v) is 9.75. The van der Waals surface area contributed by atoms with E-state index in [-0.39, 0.29) is 0 Å². The molecule has 1 aromatic rings. The van der Waals surface area contributed by atoms with Crippen LogP contribution in [0.5, 0.6) is 0 Å². The van der Waals surface area contributed by atoms with Crippen LogP contribution in [0.25, 0.3) is 0 Å². The third-order valence-electron chi connectivity index (χ3n) is 3.24. The predicted octanol–water partition coefficient (Wildman–Crippen LogP) is 2.20. The molecule has 1 aliphatic heterocycles. The molecule has 0 aromatic carbocycles. The van der Waals surface area contributed by atoms with Gasteiger partial charge in [0, 0.05) is 19.3 Å². The van der Waals surface area contributed by atoms with Crippen molar-refractivity contribution in [1.29, 1.82) is 0 Å². The van der Waals surface area contributed by atoms with E-state index in [2.05, 4.69) is 35.2 Å². The van der Waals surface area contributed by atoms with Crippen molar-refractivity contribution in [3.63, 3.8) is 0 Å². The number of aryl methyl sites for hydroxylation is 1. The Morgan fingerprint density at radius 1 is 1.53 bits per heavy atom. The first-order valence-corrected chi connectivity index (χ1v) is 5.57. The Hall–Kier alpha value is -1.09. The Kier molecular flexibility index (Phi) is 2.91. The van der Waals surface area contributed by atoms with Crippen LogP contribution in [0.2, 0.25) is 0 Å². The molecule has 2 rings (SSSR count). The molecular formula is C12H19N3. The molecule has 3 heteroatoms. The van der Waals surface area contributed by atoms with Crippen molar-refractivity contribution in [3.8, 4) is 0 Å². The quantitative estimate of drug-likeness (QED) is 0.802. The van der Waals surface area contributed by atoms with E-state index in [1.165, 1.54) is 30.5 Å². The lowest BCUT2D eigenvalue weighted by Crippen LogP contribution is -2.17. The van der Waals surface area contributed by atoms with Crippen LogP contribution in [-0.4, -0.2) is 30.5 Å². The number of pyridine rings is 1. The molecule has 0 bridgehead atoms. The third kappa shape index (κ3) is 1.97. The van der Waals surface area contributed by atoms with Crippen molar-refractivity contribution in [3.05, 3.63) is 23.4 Å². The maximum Gasteiger partial charge on any atom is 0.128 e. The minimum absolute atomic E-state index is 0.571. The molecule has 1 fully saturated rings. The number of aromatic nitrogens is 1. The van der Waals surface area contributed by atoms with E-state index < -0.39 is 0 Å². The first-order valence-electron chi connectivity index (χ1n) is 5.57. The lowest BCUT2D eigenvalue weighted by molar-refractivity contribution is 0.317. The maximum atomic E-state index is 4.44. The van der Waals surface area contributed by atoms with E-state index in [9.17, 15) is 0 Å². The van der Waals surface area contributed by atoms with E-state index in [0.717, 1.165) is 5.82 Å². The molecule has 1 N–H and O–H groups in total. The van der Waals surface area contributed by atoms with Gasteiger partial charge in [0.2, 0.25) is 0 Å². The molecule has 1 aliphatic rings. The Labute approximate surface area is 91.5 Å². The first kappa shape index (κ1) is 10.4. The molecule has 82 valence electrons. The van der Waals surface area contributed by atoms with Crippen molar-refractivity contribution < 1.29 is 0 Å². The van der Waals surface area contributed by atoms with E-state index in [0.29, 0.717) is 6.04 Å². The lowest BCUT2D eigenvalue weighted by atomic mass is 10.1. The van der Waals surface area contributed by atoms with Crippen molar-refractivity contribution >= 4 is 5.82 Å². The number of rotatable bonds is 2. The summed E-state index contributed by atoms with van der Waals surface area (Å²) in [5, 5.41) is 3.10. The Morgan fingerprint density at radius 2 is 2.33 bits per heavy atom. The average Bonchev–Trinajstić information content (AvgIpc) is 2.64. The van der Waals surface area contributed by atoms with Gasteiger partial charge >= 0.3 is 0 Å². The van der Waals surface area contributed by atoms with Crippen molar-refractivity contribution in [1.82, 2.24) is 9.88 Å². The van der Waals surface area contributed by atoms with Gasteiger partial charge in [0.25, 0.3) is 0 Å². The van der Waals surface area contributed by atoms with Gasteiger partial charge in [0.05, 0.1) is 0 Å². The summed E-state index contributed by atoms with van der Waals surface area (Å²) in [4.78, 5) is 6.85. The summed E-state index contributed by atoms with van der Waals surface area (Å²) >= 11 is 0. The molecule has 3 nitrogen and oxygen atoms in total. The van der Waals surface area contributed by atoms with Crippen LogP contribution in [0, 0.1) is 6.92 Å². The van der Waals surface area contributed by atoms with E-state index in [1.807, 2.05) is 13.2 Å². The second kappa shape index (κ2) is 4.19. The van der Waals surface area contributed by atoms with Crippen LogP contribution < -0.4 is 5.32 Å². The van der Waals surface area contributed by atoms with Crippen molar-refractivity contribution in [2.24, 2.45) is 0 Å². The smallest absolute Gasteiger partial charge is 0.128 e. The van der Waals surface area contributed by atoms with Crippen LogP contribution in [0.4, 0.5) is 5.82 Å². The highest BCUT2D eigenvalue weighted by Gasteiger charge is 2.22. The second-order valence-electron chi connectivity index (χ2n) is 4.32. The highest BCUT2D eigenvalue weighted by molar-refractivity contribution is 5.44. The number of nitrogens with one attached hydrogen (secondary N) is 1. The van der Waals surface area contributed by atoms with Gasteiger partial charge in [-0.2, -0.15) is 0 Å². The summed E-state index contributed by atoms with van der Waals surface area (Å²) in [6, 6.07) is 2.83.